The highest BCUT2D eigenvalue weighted by atomic mass is 35.5. The fourth-order valence-electron chi connectivity index (χ4n) is 2.82. The van der Waals surface area contributed by atoms with Crippen LogP contribution in [0.4, 0.5) is 5.69 Å². The van der Waals surface area contributed by atoms with Gasteiger partial charge in [-0.2, -0.15) is 0 Å². The smallest absolute Gasteiger partial charge is 0.278 e. The van der Waals surface area contributed by atoms with Gasteiger partial charge in [0.2, 0.25) is 0 Å². The number of halogens is 1. The maximum Gasteiger partial charge on any atom is 0.278 e. The molecule has 6 nitrogen and oxygen atoms in total. The Morgan fingerprint density at radius 1 is 1.43 bits per heavy atom. The quantitative estimate of drug-likeness (QED) is 0.805. The van der Waals surface area contributed by atoms with Gasteiger partial charge in [-0.05, 0) is 58.1 Å². The molecular weight excluding hydrogens is 318 g/mol. The van der Waals surface area contributed by atoms with Gasteiger partial charge in [0, 0.05) is 11.1 Å². The number of piperidine rings is 1. The number of carbonyl (C=O) groups excluding carboxylic acids is 2. The van der Waals surface area contributed by atoms with E-state index < -0.39 is 17.4 Å². The van der Waals surface area contributed by atoms with Crippen molar-refractivity contribution in [2.75, 3.05) is 25.5 Å². The number of hydrogen-bond acceptors (Lipinski definition) is 4. The van der Waals surface area contributed by atoms with Gasteiger partial charge >= 0.3 is 0 Å². The van der Waals surface area contributed by atoms with E-state index in [2.05, 4.69) is 22.6 Å². The molecule has 0 unspecified atom stereocenters. The van der Waals surface area contributed by atoms with Gasteiger partial charge < -0.3 is 20.3 Å². The van der Waals surface area contributed by atoms with E-state index in [-0.39, 0.29) is 6.04 Å². The highest BCUT2D eigenvalue weighted by molar-refractivity contribution is 6.31. The summed E-state index contributed by atoms with van der Waals surface area (Å²) in [6.45, 7) is 3.34. The van der Waals surface area contributed by atoms with Crippen LogP contribution in [-0.4, -0.2) is 48.5 Å². The van der Waals surface area contributed by atoms with Gasteiger partial charge in [0.05, 0.1) is 5.69 Å². The Kier molecular flexibility index (Phi) is 4.21. The molecule has 0 saturated carbocycles. The van der Waals surface area contributed by atoms with Crippen LogP contribution in [0.25, 0.3) is 0 Å². The van der Waals surface area contributed by atoms with Crippen LogP contribution in [0.1, 0.15) is 19.8 Å². The predicted molar refractivity (Wildman–Crippen MR) is 87.8 cm³/mol. The van der Waals surface area contributed by atoms with Crippen molar-refractivity contribution < 1.29 is 14.3 Å². The second kappa shape index (κ2) is 6.02. The summed E-state index contributed by atoms with van der Waals surface area (Å²) in [4.78, 5) is 27.2. The lowest BCUT2D eigenvalue weighted by Gasteiger charge is -2.36. The summed E-state index contributed by atoms with van der Waals surface area (Å²) in [5.41, 5.74) is -1.10. The lowest BCUT2D eigenvalue weighted by molar-refractivity contribution is -0.147. The molecule has 1 aromatic carbocycles. The molecule has 124 valence electrons. The van der Waals surface area contributed by atoms with Crippen LogP contribution in [0.3, 0.4) is 0 Å². The summed E-state index contributed by atoms with van der Waals surface area (Å²) >= 11 is 5.91. The number of likely N-dealkylation sites (tertiary alicyclic amines) is 1. The Balaban J connectivity index is 1.74. The normalized spacial score (nSPS) is 25.3. The maximum atomic E-state index is 12.6. The first-order valence-corrected chi connectivity index (χ1v) is 8.06. The van der Waals surface area contributed by atoms with Crippen molar-refractivity contribution >= 4 is 29.1 Å². The minimum atomic E-state index is -1.58. The van der Waals surface area contributed by atoms with Crippen LogP contribution in [-0.2, 0) is 9.59 Å². The molecule has 23 heavy (non-hydrogen) atoms. The minimum Gasteiger partial charge on any atom is -0.466 e. The second-order valence-corrected chi connectivity index (χ2v) is 6.72. The summed E-state index contributed by atoms with van der Waals surface area (Å²) < 4.78 is 5.72. The maximum absolute atomic E-state index is 12.6. The van der Waals surface area contributed by atoms with Crippen molar-refractivity contribution in [2.45, 2.75) is 31.4 Å². The van der Waals surface area contributed by atoms with Crippen molar-refractivity contribution in [3.63, 3.8) is 0 Å². The Morgan fingerprint density at radius 3 is 2.83 bits per heavy atom. The molecule has 2 aliphatic rings. The lowest BCUT2D eigenvalue weighted by Crippen LogP contribution is -2.61. The monoisotopic (exact) mass is 337 g/mol. The Morgan fingerprint density at radius 2 is 2.13 bits per heavy atom. The third-order valence-electron chi connectivity index (χ3n) is 4.42. The van der Waals surface area contributed by atoms with Gasteiger partial charge in [-0.25, -0.2) is 0 Å². The van der Waals surface area contributed by atoms with Crippen LogP contribution >= 0.6 is 11.6 Å². The van der Waals surface area contributed by atoms with Crippen LogP contribution in [0.2, 0.25) is 5.02 Å². The SMILES string of the molecule is CN1CCC(NC(=O)[C@]2(C)Oc3ccc(Cl)cc3NC2=O)CC1. The third kappa shape index (κ3) is 3.14. The van der Waals surface area contributed by atoms with Crippen molar-refractivity contribution in [2.24, 2.45) is 0 Å². The van der Waals surface area contributed by atoms with Gasteiger partial charge in [0.25, 0.3) is 17.4 Å². The third-order valence-corrected chi connectivity index (χ3v) is 4.66. The molecule has 3 rings (SSSR count). The van der Waals surface area contributed by atoms with E-state index in [1.54, 1.807) is 18.2 Å². The molecule has 1 aromatic rings. The molecule has 1 atom stereocenters. The highest BCUT2D eigenvalue weighted by Crippen LogP contribution is 2.35. The standard InChI is InChI=1S/C16H20ClN3O3/c1-16(14(21)18-11-5-7-20(2)8-6-11)15(22)19-12-9-10(17)3-4-13(12)23-16/h3-4,9,11H,5-8H2,1-2H3,(H,18,21)(H,19,22)/t16-/m0/s1. The van der Waals surface area contributed by atoms with Gasteiger partial charge in [-0.1, -0.05) is 11.6 Å². The molecule has 1 saturated heterocycles. The molecular formula is C16H20ClN3O3. The largest absolute Gasteiger partial charge is 0.466 e. The molecule has 2 N–H and O–H groups in total. The van der Waals surface area contributed by atoms with E-state index in [0.717, 1.165) is 25.9 Å². The summed E-state index contributed by atoms with van der Waals surface area (Å²) in [5.74, 6) is -0.460. The van der Waals surface area contributed by atoms with Crippen LogP contribution in [0.15, 0.2) is 18.2 Å². The average Bonchev–Trinajstić information content (AvgIpc) is 2.51. The number of fused-ring (bicyclic) bond motifs is 1. The number of ether oxygens (including phenoxy) is 1. The summed E-state index contributed by atoms with van der Waals surface area (Å²) in [6, 6.07) is 4.98. The van der Waals surface area contributed by atoms with Crippen molar-refractivity contribution in [3.05, 3.63) is 23.2 Å². The Hall–Kier alpha value is -1.79. The van der Waals surface area contributed by atoms with E-state index in [9.17, 15) is 9.59 Å². The zero-order valence-electron chi connectivity index (χ0n) is 13.2. The van der Waals surface area contributed by atoms with Crippen LogP contribution < -0.4 is 15.4 Å². The van der Waals surface area contributed by atoms with Crippen molar-refractivity contribution in [1.82, 2.24) is 10.2 Å². The van der Waals surface area contributed by atoms with Crippen LogP contribution in [0, 0.1) is 0 Å². The number of amides is 2. The zero-order chi connectivity index (χ0) is 16.6. The molecule has 0 spiro atoms. The van der Waals surface area contributed by atoms with E-state index in [0.29, 0.717) is 16.5 Å². The molecule has 0 aliphatic carbocycles. The molecule has 0 bridgehead atoms. The molecule has 2 heterocycles. The number of nitrogens with one attached hydrogen (secondary N) is 2. The first kappa shape index (κ1) is 16.1. The van der Waals surface area contributed by atoms with Crippen molar-refractivity contribution in [3.8, 4) is 5.75 Å². The zero-order valence-corrected chi connectivity index (χ0v) is 13.9. The van der Waals surface area contributed by atoms with E-state index >= 15 is 0 Å². The second-order valence-electron chi connectivity index (χ2n) is 6.28. The predicted octanol–water partition coefficient (Wildman–Crippen LogP) is 1.64. The first-order valence-electron chi connectivity index (χ1n) is 7.68. The number of anilines is 1. The fourth-order valence-corrected chi connectivity index (χ4v) is 2.99. The summed E-state index contributed by atoms with van der Waals surface area (Å²) in [7, 11) is 2.05. The van der Waals surface area contributed by atoms with Gasteiger partial charge in [0.1, 0.15) is 5.75 Å². The topological polar surface area (TPSA) is 70.7 Å². The molecule has 0 aromatic heterocycles. The Labute approximate surface area is 140 Å². The van der Waals surface area contributed by atoms with Crippen LogP contribution in [0.5, 0.6) is 5.75 Å². The number of rotatable bonds is 2. The van der Waals surface area contributed by atoms with Gasteiger partial charge in [-0.15, -0.1) is 0 Å². The van der Waals surface area contributed by atoms with Gasteiger partial charge in [-0.3, -0.25) is 9.59 Å². The molecule has 0 radical (unpaired) electrons. The number of benzene rings is 1. The molecule has 2 aliphatic heterocycles. The Bertz CT molecular complexity index is 643. The van der Waals surface area contributed by atoms with E-state index in [4.69, 9.17) is 16.3 Å². The number of nitrogens with zero attached hydrogens (tertiary/aromatic N) is 1. The first-order chi connectivity index (χ1) is 10.9. The van der Waals surface area contributed by atoms with Gasteiger partial charge in [0.15, 0.2) is 0 Å². The number of carbonyl (C=O) groups is 2. The molecule has 1 fully saturated rings. The fraction of sp³-hybridized carbons (Fsp3) is 0.500. The van der Waals surface area contributed by atoms with E-state index in [1.807, 2.05) is 0 Å². The highest BCUT2D eigenvalue weighted by Gasteiger charge is 2.47. The number of hydrogen-bond donors (Lipinski definition) is 2. The minimum absolute atomic E-state index is 0.0681. The summed E-state index contributed by atoms with van der Waals surface area (Å²) in [6.07, 6.45) is 1.73. The molecule has 7 heteroatoms. The summed E-state index contributed by atoms with van der Waals surface area (Å²) in [5, 5.41) is 6.14. The van der Waals surface area contributed by atoms with Crippen molar-refractivity contribution in [1.29, 1.82) is 0 Å². The molecule has 2 amide bonds. The average molecular weight is 338 g/mol. The lowest BCUT2D eigenvalue weighted by atomic mass is 9.99. The van der Waals surface area contributed by atoms with E-state index in [1.165, 1.54) is 6.92 Å².